The Morgan fingerprint density at radius 1 is 1.59 bits per heavy atom. The summed E-state index contributed by atoms with van der Waals surface area (Å²) >= 11 is 5.99. The van der Waals surface area contributed by atoms with Crippen LogP contribution in [-0.2, 0) is 4.74 Å². The van der Waals surface area contributed by atoms with E-state index in [1.165, 1.54) is 0 Å². The molecule has 1 fully saturated rings. The Balaban J connectivity index is 2.10. The van der Waals surface area contributed by atoms with Crippen LogP contribution in [-0.4, -0.2) is 24.8 Å². The van der Waals surface area contributed by atoms with E-state index in [2.05, 4.69) is 4.98 Å². The summed E-state index contributed by atoms with van der Waals surface area (Å²) in [5, 5.41) is 0.477. The summed E-state index contributed by atoms with van der Waals surface area (Å²) in [6, 6.07) is 3.69. The molecule has 0 bridgehead atoms. The van der Waals surface area contributed by atoms with Crippen LogP contribution in [0.2, 0.25) is 5.15 Å². The van der Waals surface area contributed by atoms with Crippen molar-refractivity contribution in [1.29, 1.82) is 0 Å². The van der Waals surface area contributed by atoms with Gasteiger partial charge in [0.1, 0.15) is 17.5 Å². The average Bonchev–Trinajstić information content (AvgIpc) is 2.82. The van der Waals surface area contributed by atoms with Crippen LogP contribution in [0.25, 0.3) is 0 Å². The van der Waals surface area contributed by atoms with Crippen molar-refractivity contribution in [3.05, 3.63) is 35.1 Å². The van der Waals surface area contributed by atoms with Crippen LogP contribution in [0.5, 0.6) is 5.75 Å². The largest absolute Gasteiger partial charge is 0.489 e. The highest BCUT2D eigenvalue weighted by Gasteiger charge is 2.20. The van der Waals surface area contributed by atoms with Crippen molar-refractivity contribution in [3.63, 3.8) is 0 Å². The molecule has 1 aliphatic heterocycles. The Morgan fingerprint density at radius 2 is 2.47 bits per heavy atom. The first-order chi connectivity index (χ1) is 8.29. The van der Waals surface area contributed by atoms with Gasteiger partial charge in [-0.1, -0.05) is 23.8 Å². The molecule has 4 heteroatoms. The van der Waals surface area contributed by atoms with Crippen molar-refractivity contribution in [1.82, 2.24) is 4.98 Å². The van der Waals surface area contributed by atoms with Gasteiger partial charge in [-0.05, 0) is 13.3 Å². The van der Waals surface area contributed by atoms with E-state index >= 15 is 0 Å². The lowest BCUT2D eigenvalue weighted by Crippen LogP contribution is -2.02. The first-order valence-corrected chi connectivity index (χ1v) is 6.16. The Hall–Kier alpha value is -1.06. The predicted octanol–water partition coefficient (Wildman–Crippen LogP) is 3.19. The van der Waals surface area contributed by atoms with Gasteiger partial charge in [0, 0.05) is 24.7 Å². The smallest absolute Gasteiger partial charge is 0.133 e. The number of hydrogen-bond acceptors (Lipinski definition) is 3. The molecule has 3 nitrogen and oxygen atoms in total. The zero-order chi connectivity index (χ0) is 12.1. The molecule has 1 saturated heterocycles. The lowest BCUT2D eigenvalue weighted by atomic mass is 10.0. The second-order valence-corrected chi connectivity index (χ2v) is 4.38. The van der Waals surface area contributed by atoms with Gasteiger partial charge in [0.2, 0.25) is 0 Å². The number of hydrogen-bond donors (Lipinski definition) is 0. The Labute approximate surface area is 106 Å². The highest BCUT2D eigenvalue weighted by Crippen LogP contribution is 2.28. The van der Waals surface area contributed by atoms with Crippen molar-refractivity contribution < 1.29 is 9.47 Å². The SMILES string of the molecule is C/C=C/COc1cc(Cl)nc(C2CCOC2)c1. The van der Waals surface area contributed by atoms with Gasteiger partial charge in [0.05, 0.1) is 12.3 Å². The zero-order valence-corrected chi connectivity index (χ0v) is 10.6. The van der Waals surface area contributed by atoms with Crippen LogP contribution in [0.4, 0.5) is 0 Å². The second kappa shape index (κ2) is 6.03. The molecular formula is C13H16ClNO2. The lowest BCUT2D eigenvalue weighted by Gasteiger charge is -2.10. The minimum absolute atomic E-state index is 0.345. The third-order valence-corrected chi connectivity index (χ3v) is 2.91. The summed E-state index contributed by atoms with van der Waals surface area (Å²) in [7, 11) is 0. The first-order valence-electron chi connectivity index (χ1n) is 5.79. The van der Waals surface area contributed by atoms with Crippen molar-refractivity contribution in [2.45, 2.75) is 19.3 Å². The average molecular weight is 254 g/mol. The van der Waals surface area contributed by atoms with E-state index < -0.39 is 0 Å². The van der Waals surface area contributed by atoms with E-state index in [-0.39, 0.29) is 0 Å². The standard InChI is InChI=1S/C13H16ClNO2/c1-2-3-5-17-11-7-12(15-13(14)8-11)10-4-6-16-9-10/h2-3,7-8,10H,4-6,9H2,1H3/b3-2+. The number of rotatable bonds is 4. The zero-order valence-electron chi connectivity index (χ0n) is 9.86. The minimum atomic E-state index is 0.345. The topological polar surface area (TPSA) is 31.4 Å². The molecule has 0 saturated carbocycles. The minimum Gasteiger partial charge on any atom is -0.489 e. The summed E-state index contributed by atoms with van der Waals surface area (Å²) < 4.78 is 10.9. The molecule has 0 spiro atoms. The first kappa shape index (κ1) is 12.4. The molecule has 0 amide bonds. The van der Waals surface area contributed by atoms with E-state index in [0.29, 0.717) is 17.7 Å². The maximum Gasteiger partial charge on any atom is 0.133 e. The normalized spacial score (nSPS) is 20.0. The summed E-state index contributed by atoms with van der Waals surface area (Å²) in [4.78, 5) is 4.33. The van der Waals surface area contributed by atoms with Crippen molar-refractivity contribution in [2.24, 2.45) is 0 Å². The van der Waals surface area contributed by atoms with Crippen LogP contribution < -0.4 is 4.74 Å². The van der Waals surface area contributed by atoms with Gasteiger partial charge in [-0.15, -0.1) is 0 Å². The van der Waals surface area contributed by atoms with Crippen molar-refractivity contribution in [3.8, 4) is 5.75 Å². The van der Waals surface area contributed by atoms with Crippen LogP contribution >= 0.6 is 11.6 Å². The Kier molecular flexibility index (Phi) is 4.40. The molecule has 92 valence electrons. The maximum absolute atomic E-state index is 5.99. The van der Waals surface area contributed by atoms with Gasteiger partial charge in [-0.25, -0.2) is 4.98 Å². The number of pyridine rings is 1. The molecule has 2 rings (SSSR count). The number of allylic oxidation sites excluding steroid dienone is 1. The van der Waals surface area contributed by atoms with E-state index in [1.54, 1.807) is 6.07 Å². The summed E-state index contributed by atoms with van der Waals surface area (Å²) in [5.74, 6) is 1.11. The van der Waals surface area contributed by atoms with Crippen molar-refractivity contribution >= 4 is 11.6 Å². The third-order valence-electron chi connectivity index (χ3n) is 2.72. The van der Waals surface area contributed by atoms with E-state index in [9.17, 15) is 0 Å². The van der Waals surface area contributed by atoms with Crippen LogP contribution in [0.3, 0.4) is 0 Å². The maximum atomic E-state index is 5.99. The molecule has 2 heterocycles. The molecule has 0 aliphatic carbocycles. The fraction of sp³-hybridized carbons (Fsp3) is 0.462. The van der Waals surface area contributed by atoms with Crippen LogP contribution in [0.1, 0.15) is 25.0 Å². The van der Waals surface area contributed by atoms with E-state index in [4.69, 9.17) is 21.1 Å². The summed E-state index contributed by atoms with van der Waals surface area (Å²) in [5.41, 5.74) is 0.963. The van der Waals surface area contributed by atoms with E-state index in [0.717, 1.165) is 31.1 Å². The van der Waals surface area contributed by atoms with Gasteiger partial charge >= 0.3 is 0 Å². The van der Waals surface area contributed by atoms with Gasteiger partial charge in [0.15, 0.2) is 0 Å². The predicted molar refractivity (Wildman–Crippen MR) is 67.7 cm³/mol. The lowest BCUT2D eigenvalue weighted by molar-refractivity contribution is 0.193. The summed E-state index contributed by atoms with van der Waals surface area (Å²) in [6.07, 6.45) is 4.91. The number of aromatic nitrogens is 1. The molecule has 1 atom stereocenters. The van der Waals surface area contributed by atoms with Gasteiger partial charge < -0.3 is 9.47 Å². The molecular weight excluding hydrogens is 238 g/mol. The fourth-order valence-corrected chi connectivity index (χ4v) is 2.00. The Morgan fingerprint density at radius 3 is 3.18 bits per heavy atom. The molecule has 17 heavy (non-hydrogen) atoms. The fourth-order valence-electron chi connectivity index (χ4n) is 1.79. The number of nitrogens with zero attached hydrogens (tertiary/aromatic N) is 1. The molecule has 0 N–H and O–H groups in total. The molecule has 1 aromatic rings. The summed E-state index contributed by atoms with van der Waals surface area (Å²) in [6.45, 7) is 4.04. The van der Waals surface area contributed by atoms with E-state index in [1.807, 2.05) is 25.1 Å². The number of halogens is 1. The molecule has 0 aromatic carbocycles. The highest BCUT2D eigenvalue weighted by molar-refractivity contribution is 6.29. The molecule has 1 aliphatic rings. The van der Waals surface area contributed by atoms with Gasteiger partial charge in [-0.3, -0.25) is 0 Å². The molecule has 1 unspecified atom stereocenters. The monoisotopic (exact) mass is 253 g/mol. The second-order valence-electron chi connectivity index (χ2n) is 3.99. The number of ether oxygens (including phenoxy) is 2. The van der Waals surface area contributed by atoms with Crippen LogP contribution in [0, 0.1) is 0 Å². The van der Waals surface area contributed by atoms with Gasteiger partial charge in [0.25, 0.3) is 0 Å². The molecule has 0 radical (unpaired) electrons. The van der Waals surface area contributed by atoms with Crippen molar-refractivity contribution in [2.75, 3.05) is 19.8 Å². The molecule has 1 aromatic heterocycles. The van der Waals surface area contributed by atoms with Gasteiger partial charge in [-0.2, -0.15) is 0 Å². The Bertz CT molecular complexity index is 400. The van der Waals surface area contributed by atoms with Crippen LogP contribution in [0.15, 0.2) is 24.3 Å². The highest BCUT2D eigenvalue weighted by atomic mass is 35.5. The third kappa shape index (κ3) is 3.45. The quantitative estimate of drug-likeness (QED) is 0.610.